The molecule has 0 saturated heterocycles. The van der Waals surface area contributed by atoms with Crippen LogP contribution in [0.3, 0.4) is 0 Å². The molecule has 0 amide bonds. The van der Waals surface area contributed by atoms with Crippen LogP contribution in [0.1, 0.15) is 5.56 Å². The minimum atomic E-state index is 0.739. The molecule has 0 bridgehead atoms. The van der Waals surface area contributed by atoms with Crippen molar-refractivity contribution >= 4 is 0 Å². The molecule has 1 aromatic carbocycles. The van der Waals surface area contributed by atoms with E-state index in [4.69, 9.17) is 4.74 Å². The molecule has 0 aliphatic rings. The maximum atomic E-state index is 5.13. The summed E-state index contributed by atoms with van der Waals surface area (Å²) in [6, 6.07) is 7.76. The van der Waals surface area contributed by atoms with E-state index in [0.717, 1.165) is 24.4 Å². The third-order valence-corrected chi connectivity index (χ3v) is 2.09. The van der Waals surface area contributed by atoms with Gasteiger partial charge >= 0.3 is 0 Å². The van der Waals surface area contributed by atoms with Crippen LogP contribution in [0.25, 0.3) is 0 Å². The van der Waals surface area contributed by atoms with Crippen LogP contribution < -0.4 is 4.74 Å². The smallest absolute Gasteiger partial charge is 0.120 e. The topological polar surface area (TPSA) is 12.5 Å². The molecular weight excluding hydrogens is 198 g/mol. The average Bonchev–Trinajstić information content (AvgIpc) is 2.30. The normalized spacial score (nSPS) is 9.44. The van der Waals surface area contributed by atoms with Crippen LogP contribution in [0.15, 0.2) is 36.9 Å². The first-order chi connectivity index (χ1) is 7.76. The summed E-state index contributed by atoms with van der Waals surface area (Å²) in [7, 11) is 3.67. The predicted molar refractivity (Wildman–Crippen MR) is 67.6 cm³/mol. The van der Waals surface area contributed by atoms with Crippen molar-refractivity contribution in [2.75, 3.05) is 27.2 Å². The SMILES string of the molecule is C=CCN(C)CC#Cc1cccc(OC)c1. The van der Waals surface area contributed by atoms with Crippen LogP contribution in [0.2, 0.25) is 0 Å². The highest BCUT2D eigenvalue weighted by Gasteiger charge is 1.92. The highest BCUT2D eigenvalue weighted by Crippen LogP contribution is 2.11. The van der Waals surface area contributed by atoms with E-state index in [1.807, 2.05) is 37.4 Å². The molecule has 16 heavy (non-hydrogen) atoms. The Labute approximate surface area is 97.5 Å². The molecule has 1 aromatic rings. The molecule has 0 fully saturated rings. The Bertz CT molecular complexity index is 401. The Morgan fingerprint density at radius 3 is 3.00 bits per heavy atom. The predicted octanol–water partition coefficient (Wildman–Crippen LogP) is 2.16. The molecule has 0 atom stereocenters. The van der Waals surface area contributed by atoms with Crippen LogP contribution in [0, 0.1) is 11.8 Å². The lowest BCUT2D eigenvalue weighted by Crippen LogP contribution is -2.17. The van der Waals surface area contributed by atoms with Gasteiger partial charge in [-0.15, -0.1) is 6.58 Å². The van der Waals surface area contributed by atoms with E-state index in [2.05, 4.69) is 23.3 Å². The zero-order chi connectivity index (χ0) is 11.8. The van der Waals surface area contributed by atoms with Gasteiger partial charge in [0.2, 0.25) is 0 Å². The molecule has 0 N–H and O–H groups in total. The number of ether oxygens (including phenoxy) is 1. The van der Waals surface area contributed by atoms with E-state index in [0.29, 0.717) is 0 Å². The van der Waals surface area contributed by atoms with Crippen molar-refractivity contribution in [1.82, 2.24) is 4.90 Å². The van der Waals surface area contributed by atoms with Gasteiger partial charge in [-0.2, -0.15) is 0 Å². The van der Waals surface area contributed by atoms with E-state index >= 15 is 0 Å². The highest BCUT2D eigenvalue weighted by atomic mass is 16.5. The molecule has 0 aliphatic carbocycles. The zero-order valence-corrected chi connectivity index (χ0v) is 9.86. The Hall–Kier alpha value is -1.72. The van der Waals surface area contributed by atoms with E-state index in [9.17, 15) is 0 Å². The van der Waals surface area contributed by atoms with Crippen molar-refractivity contribution in [3.63, 3.8) is 0 Å². The van der Waals surface area contributed by atoms with Gasteiger partial charge in [-0.25, -0.2) is 0 Å². The number of benzene rings is 1. The van der Waals surface area contributed by atoms with Gasteiger partial charge in [0.15, 0.2) is 0 Å². The number of methoxy groups -OCH3 is 1. The molecule has 84 valence electrons. The molecule has 0 heterocycles. The van der Waals surface area contributed by atoms with Gasteiger partial charge in [0.25, 0.3) is 0 Å². The van der Waals surface area contributed by atoms with Crippen LogP contribution in [-0.2, 0) is 0 Å². The van der Waals surface area contributed by atoms with Crippen LogP contribution in [-0.4, -0.2) is 32.1 Å². The standard InChI is InChI=1S/C14H17NO/c1-4-10-15(2)11-6-8-13-7-5-9-14(12-13)16-3/h4-5,7,9,12H,1,10-11H2,2-3H3. The van der Waals surface area contributed by atoms with E-state index in [1.165, 1.54) is 0 Å². The molecule has 1 rings (SSSR count). The van der Waals surface area contributed by atoms with Crippen molar-refractivity contribution in [1.29, 1.82) is 0 Å². The minimum Gasteiger partial charge on any atom is -0.497 e. The maximum absolute atomic E-state index is 5.13. The molecule has 0 unspecified atom stereocenters. The summed E-state index contributed by atoms with van der Waals surface area (Å²) >= 11 is 0. The lowest BCUT2D eigenvalue weighted by Gasteiger charge is -2.08. The fourth-order valence-electron chi connectivity index (χ4n) is 1.26. The number of rotatable bonds is 4. The Morgan fingerprint density at radius 2 is 2.31 bits per heavy atom. The first kappa shape index (κ1) is 12.4. The third kappa shape index (κ3) is 4.20. The van der Waals surface area contributed by atoms with Gasteiger partial charge < -0.3 is 4.74 Å². The van der Waals surface area contributed by atoms with Gasteiger partial charge in [0.1, 0.15) is 5.75 Å². The third-order valence-electron chi connectivity index (χ3n) is 2.09. The lowest BCUT2D eigenvalue weighted by atomic mass is 10.2. The second-order valence-corrected chi connectivity index (χ2v) is 3.52. The summed E-state index contributed by atoms with van der Waals surface area (Å²) in [5, 5.41) is 0. The summed E-state index contributed by atoms with van der Waals surface area (Å²) in [5.41, 5.74) is 0.978. The van der Waals surface area contributed by atoms with Crippen molar-refractivity contribution in [2.24, 2.45) is 0 Å². The Balaban J connectivity index is 2.58. The van der Waals surface area contributed by atoms with Gasteiger partial charge in [-0.1, -0.05) is 24.0 Å². The molecule has 0 aliphatic heterocycles. The van der Waals surface area contributed by atoms with Crippen LogP contribution >= 0.6 is 0 Å². The molecular formula is C14H17NO. The molecule has 2 heteroatoms. The van der Waals surface area contributed by atoms with Crippen LogP contribution in [0.5, 0.6) is 5.75 Å². The highest BCUT2D eigenvalue weighted by molar-refractivity contribution is 5.39. The maximum Gasteiger partial charge on any atom is 0.120 e. The summed E-state index contributed by atoms with van der Waals surface area (Å²) in [4.78, 5) is 2.10. The summed E-state index contributed by atoms with van der Waals surface area (Å²) in [6.45, 7) is 5.28. The van der Waals surface area contributed by atoms with Gasteiger partial charge in [0, 0.05) is 12.1 Å². The van der Waals surface area contributed by atoms with E-state index in [1.54, 1.807) is 7.11 Å². The lowest BCUT2D eigenvalue weighted by molar-refractivity contribution is 0.414. The summed E-state index contributed by atoms with van der Waals surface area (Å²) in [6.07, 6.45) is 1.87. The number of nitrogens with zero attached hydrogens (tertiary/aromatic N) is 1. The monoisotopic (exact) mass is 215 g/mol. The molecule has 0 saturated carbocycles. The van der Waals surface area contributed by atoms with Crippen molar-refractivity contribution < 1.29 is 4.74 Å². The minimum absolute atomic E-state index is 0.739. The second kappa shape index (κ2) is 6.71. The Kier molecular flexibility index (Phi) is 5.18. The molecule has 0 spiro atoms. The van der Waals surface area contributed by atoms with Crippen molar-refractivity contribution in [3.8, 4) is 17.6 Å². The largest absolute Gasteiger partial charge is 0.497 e. The summed E-state index contributed by atoms with van der Waals surface area (Å²) in [5.74, 6) is 7.05. The van der Waals surface area contributed by atoms with E-state index in [-0.39, 0.29) is 0 Å². The molecule has 2 nitrogen and oxygen atoms in total. The average molecular weight is 215 g/mol. The van der Waals surface area contributed by atoms with E-state index < -0.39 is 0 Å². The number of hydrogen-bond donors (Lipinski definition) is 0. The molecule has 0 radical (unpaired) electrons. The quantitative estimate of drug-likeness (QED) is 0.564. The number of hydrogen-bond acceptors (Lipinski definition) is 2. The first-order valence-electron chi connectivity index (χ1n) is 5.18. The van der Waals surface area contributed by atoms with Crippen molar-refractivity contribution in [2.45, 2.75) is 0 Å². The fourth-order valence-corrected chi connectivity index (χ4v) is 1.26. The summed E-state index contributed by atoms with van der Waals surface area (Å²) < 4.78 is 5.13. The fraction of sp³-hybridized carbons (Fsp3) is 0.286. The zero-order valence-electron chi connectivity index (χ0n) is 9.86. The Morgan fingerprint density at radius 1 is 1.50 bits per heavy atom. The van der Waals surface area contributed by atoms with Gasteiger partial charge in [-0.3, -0.25) is 4.90 Å². The molecule has 0 aromatic heterocycles. The van der Waals surface area contributed by atoms with Crippen molar-refractivity contribution in [3.05, 3.63) is 42.5 Å². The van der Waals surface area contributed by atoms with Crippen LogP contribution in [0.4, 0.5) is 0 Å². The van der Waals surface area contributed by atoms with Gasteiger partial charge in [-0.05, 0) is 25.2 Å². The van der Waals surface area contributed by atoms with Gasteiger partial charge in [0.05, 0.1) is 13.7 Å². The first-order valence-corrected chi connectivity index (χ1v) is 5.18. The second-order valence-electron chi connectivity index (χ2n) is 3.52. The number of likely N-dealkylation sites (N-methyl/N-ethyl adjacent to an activating group) is 1.